The third-order valence-electron chi connectivity index (χ3n) is 2.82. The topological polar surface area (TPSA) is 81.2 Å². The maximum Gasteiger partial charge on any atom is 0.248 e. The first kappa shape index (κ1) is 11.9. The zero-order valence-electron chi connectivity index (χ0n) is 9.10. The minimum atomic E-state index is -3.47. The highest BCUT2D eigenvalue weighted by Crippen LogP contribution is 2.28. The Balaban J connectivity index is 1.73. The molecule has 1 aliphatic rings. The highest BCUT2D eigenvalue weighted by atomic mass is 79.9. The summed E-state index contributed by atoms with van der Waals surface area (Å²) in [6.07, 6.45) is 5.84. The van der Waals surface area contributed by atoms with Crippen LogP contribution in [0.25, 0.3) is 0 Å². The first-order valence-electron chi connectivity index (χ1n) is 5.16. The van der Waals surface area contributed by atoms with Crippen LogP contribution in [-0.4, -0.2) is 40.7 Å². The summed E-state index contributed by atoms with van der Waals surface area (Å²) < 4.78 is 32.7. The van der Waals surface area contributed by atoms with E-state index in [9.17, 15) is 8.42 Å². The number of hydrogen-bond donors (Lipinski definition) is 0. The Hall–Kier alpha value is -1.19. The van der Waals surface area contributed by atoms with E-state index >= 15 is 0 Å². The van der Waals surface area contributed by atoms with Gasteiger partial charge in [0.15, 0.2) is 0 Å². The Labute approximate surface area is 112 Å². The largest absolute Gasteiger partial charge is 0.363 e. The third-order valence-corrected chi connectivity index (χ3v) is 5.01. The number of aromatic nitrogens is 3. The summed E-state index contributed by atoms with van der Waals surface area (Å²) in [5.41, 5.74) is 0. The van der Waals surface area contributed by atoms with Gasteiger partial charge in [-0.2, -0.15) is 9.40 Å². The molecular weight excluding hydrogens is 324 g/mol. The molecule has 1 aliphatic heterocycles. The zero-order valence-corrected chi connectivity index (χ0v) is 11.5. The van der Waals surface area contributed by atoms with Gasteiger partial charge in [-0.1, -0.05) is 5.16 Å². The van der Waals surface area contributed by atoms with Crippen LogP contribution in [0.1, 0.15) is 6.04 Å². The Morgan fingerprint density at radius 3 is 2.72 bits per heavy atom. The van der Waals surface area contributed by atoms with E-state index in [1.54, 1.807) is 10.9 Å². The summed E-state index contributed by atoms with van der Waals surface area (Å²) >= 11 is 3.30. The maximum absolute atomic E-state index is 12.0. The normalized spacial score (nSPS) is 17.8. The second-order valence-electron chi connectivity index (χ2n) is 3.97. The summed E-state index contributed by atoms with van der Waals surface area (Å²) in [6, 6.07) is 0.0749. The molecule has 96 valence electrons. The molecule has 0 aromatic carbocycles. The van der Waals surface area contributed by atoms with Crippen LogP contribution in [0.2, 0.25) is 0 Å². The molecule has 0 radical (unpaired) electrons. The van der Waals surface area contributed by atoms with E-state index in [0.717, 1.165) is 10.7 Å². The fraction of sp³-hybridized carbons (Fsp3) is 0.333. The van der Waals surface area contributed by atoms with Gasteiger partial charge in [-0.25, -0.2) is 8.42 Å². The molecule has 0 spiro atoms. The third kappa shape index (κ3) is 1.88. The molecule has 0 saturated carbocycles. The lowest BCUT2D eigenvalue weighted by Gasteiger charge is -2.37. The van der Waals surface area contributed by atoms with Gasteiger partial charge in [0.1, 0.15) is 11.2 Å². The maximum atomic E-state index is 12.0. The van der Waals surface area contributed by atoms with Gasteiger partial charge in [-0.3, -0.25) is 4.68 Å². The monoisotopic (exact) mass is 332 g/mol. The number of halogens is 1. The van der Waals surface area contributed by atoms with Crippen molar-refractivity contribution < 1.29 is 12.9 Å². The van der Waals surface area contributed by atoms with E-state index in [-0.39, 0.29) is 10.9 Å². The van der Waals surface area contributed by atoms with Gasteiger partial charge in [0.25, 0.3) is 0 Å². The molecule has 0 aliphatic carbocycles. The molecule has 1 saturated heterocycles. The summed E-state index contributed by atoms with van der Waals surface area (Å²) in [4.78, 5) is 0.0857. The molecule has 2 aromatic heterocycles. The summed E-state index contributed by atoms with van der Waals surface area (Å²) in [6.45, 7) is 0.809. The van der Waals surface area contributed by atoms with Gasteiger partial charge in [-0.05, 0) is 15.9 Å². The predicted molar refractivity (Wildman–Crippen MR) is 64.2 cm³/mol. The Morgan fingerprint density at radius 2 is 2.17 bits per heavy atom. The number of sulfonamides is 1. The van der Waals surface area contributed by atoms with Crippen molar-refractivity contribution in [1.29, 1.82) is 0 Å². The standard InChI is InChI=1S/C9H9BrN4O3S/c10-7-1-11-14(3-7)8-4-13(5-8)18(15,16)9-2-12-17-6-9/h1-3,6,8H,4-5H2. The van der Waals surface area contributed by atoms with Gasteiger partial charge in [-0.15, -0.1) is 0 Å². The summed E-state index contributed by atoms with van der Waals surface area (Å²) in [5.74, 6) is 0. The van der Waals surface area contributed by atoms with Crippen LogP contribution in [-0.2, 0) is 10.0 Å². The van der Waals surface area contributed by atoms with Crippen molar-refractivity contribution in [3.63, 3.8) is 0 Å². The highest BCUT2D eigenvalue weighted by molar-refractivity contribution is 9.10. The highest BCUT2D eigenvalue weighted by Gasteiger charge is 2.38. The second-order valence-corrected chi connectivity index (χ2v) is 6.83. The van der Waals surface area contributed by atoms with Crippen molar-refractivity contribution in [3.05, 3.63) is 29.3 Å². The molecule has 1 fully saturated rings. The van der Waals surface area contributed by atoms with Gasteiger partial charge in [0, 0.05) is 19.3 Å². The number of hydrogen-bond acceptors (Lipinski definition) is 5. The van der Waals surface area contributed by atoms with E-state index in [2.05, 4.69) is 30.7 Å². The molecule has 2 aromatic rings. The average Bonchev–Trinajstić information content (AvgIpc) is 2.86. The van der Waals surface area contributed by atoms with Gasteiger partial charge in [0.2, 0.25) is 10.0 Å². The average molecular weight is 333 g/mol. The van der Waals surface area contributed by atoms with Crippen molar-refractivity contribution in [1.82, 2.24) is 19.2 Å². The Bertz CT molecular complexity index is 645. The van der Waals surface area contributed by atoms with E-state index in [0.29, 0.717) is 13.1 Å². The molecule has 0 amide bonds. The van der Waals surface area contributed by atoms with Gasteiger partial charge < -0.3 is 4.52 Å². The molecular formula is C9H9BrN4O3S. The molecule has 7 nitrogen and oxygen atoms in total. The van der Waals surface area contributed by atoms with Gasteiger partial charge in [0.05, 0.1) is 22.9 Å². The van der Waals surface area contributed by atoms with Crippen molar-refractivity contribution in [2.45, 2.75) is 10.9 Å². The lowest BCUT2D eigenvalue weighted by atomic mass is 10.2. The van der Waals surface area contributed by atoms with Crippen molar-refractivity contribution >= 4 is 26.0 Å². The molecule has 0 bridgehead atoms. The number of rotatable bonds is 3. The van der Waals surface area contributed by atoms with Crippen LogP contribution in [0.3, 0.4) is 0 Å². The first-order chi connectivity index (χ1) is 8.57. The van der Waals surface area contributed by atoms with Crippen LogP contribution in [0.15, 0.2) is 38.7 Å². The van der Waals surface area contributed by atoms with Crippen LogP contribution in [0, 0.1) is 0 Å². The first-order valence-corrected chi connectivity index (χ1v) is 7.40. The summed E-state index contributed by atoms with van der Waals surface area (Å²) in [7, 11) is -3.47. The van der Waals surface area contributed by atoms with Crippen LogP contribution >= 0.6 is 15.9 Å². The minimum Gasteiger partial charge on any atom is -0.363 e. The van der Waals surface area contributed by atoms with E-state index < -0.39 is 10.0 Å². The molecule has 3 heterocycles. The van der Waals surface area contributed by atoms with Crippen molar-refractivity contribution in [2.24, 2.45) is 0 Å². The van der Waals surface area contributed by atoms with Crippen LogP contribution in [0.5, 0.6) is 0 Å². The fourth-order valence-corrected chi connectivity index (χ4v) is 3.44. The molecule has 9 heteroatoms. The van der Waals surface area contributed by atoms with Crippen LogP contribution in [0.4, 0.5) is 0 Å². The quantitative estimate of drug-likeness (QED) is 0.833. The SMILES string of the molecule is O=S(=O)(c1cnoc1)N1CC(n2cc(Br)cn2)C1. The molecule has 0 unspecified atom stereocenters. The summed E-state index contributed by atoms with van der Waals surface area (Å²) in [5, 5.41) is 7.54. The van der Waals surface area contributed by atoms with E-state index in [4.69, 9.17) is 0 Å². The van der Waals surface area contributed by atoms with E-state index in [1.807, 2.05) is 6.20 Å². The van der Waals surface area contributed by atoms with Gasteiger partial charge >= 0.3 is 0 Å². The lowest BCUT2D eigenvalue weighted by Crippen LogP contribution is -2.50. The molecule has 18 heavy (non-hydrogen) atoms. The lowest BCUT2D eigenvalue weighted by molar-refractivity contribution is 0.191. The minimum absolute atomic E-state index is 0.0749. The molecule has 0 atom stereocenters. The Kier molecular flexibility index (Phi) is 2.76. The predicted octanol–water partition coefficient (Wildman–Crippen LogP) is 0.879. The fourth-order valence-electron chi connectivity index (χ4n) is 1.77. The zero-order chi connectivity index (χ0) is 12.8. The smallest absolute Gasteiger partial charge is 0.248 e. The van der Waals surface area contributed by atoms with Crippen LogP contribution < -0.4 is 0 Å². The molecule has 0 N–H and O–H groups in total. The Morgan fingerprint density at radius 1 is 1.39 bits per heavy atom. The number of nitrogens with zero attached hydrogens (tertiary/aromatic N) is 4. The molecule has 3 rings (SSSR count). The van der Waals surface area contributed by atoms with Crippen molar-refractivity contribution in [2.75, 3.05) is 13.1 Å². The van der Waals surface area contributed by atoms with Crippen molar-refractivity contribution in [3.8, 4) is 0 Å². The second kappa shape index (κ2) is 4.18. The van der Waals surface area contributed by atoms with E-state index in [1.165, 1.54) is 10.5 Å².